The molecule has 0 fully saturated rings. The normalized spacial score (nSPS) is 11.8. The molecule has 3 nitrogen and oxygen atoms in total. The standard InChI is InChI=1S/C13H11F3N2O/c1-17-7-12(19)8-2-3-10-9(4-8)5-18-6-11(10)13(14,15)16/h2-6,17H,7H2,1H3. The molecule has 0 aliphatic heterocycles. The van der Waals surface area contributed by atoms with Crippen molar-refractivity contribution in [2.24, 2.45) is 0 Å². The number of ketones is 1. The first-order chi connectivity index (χ1) is 8.93. The summed E-state index contributed by atoms with van der Waals surface area (Å²) in [5.74, 6) is -0.179. The van der Waals surface area contributed by atoms with Crippen LogP contribution in [0.5, 0.6) is 0 Å². The Labute approximate surface area is 107 Å². The van der Waals surface area contributed by atoms with Crippen LogP contribution in [-0.2, 0) is 6.18 Å². The molecular formula is C13H11F3N2O. The van der Waals surface area contributed by atoms with E-state index < -0.39 is 11.7 Å². The van der Waals surface area contributed by atoms with Crippen LogP contribution >= 0.6 is 0 Å². The van der Waals surface area contributed by atoms with E-state index in [0.717, 1.165) is 6.20 Å². The van der Waals surface area contributed by atoms with Crippen molar-refractivity contribution in [2.75, 3.05) is 13.6 Å². The molecule has 0 radical (unpaired) electrons. The van der Waals surface area contributed by atoms with Crippen molar-refractivity contribution in [3.8, 4) is 0 Å². The van der Waals surface area contributed by atoms with Crippen LogP contribution in [0, 0.1) is 0 Å². The first kappa shape index (κ1) is 13.5. The van der Waals surface area contributed by atoms with Gasteiger partial charge in [-0.15, -0.1) is 0 Å². The Kier molecular flexibility index (Phi) is 3.53. The second-order valence-electron chi connectivity index (χ2n) is 4.07. The molecule has 0 saturated heterocycles. The molecule has 1 heterocycles. The fourth-order valence-electron chi connectivity index (χ4n) is 1.84. The average molecular weight is 268 g/mol. The minimum absolute atomic E-state index is 0.0449. The number of rotatable bonds is 3. The number of hydrogen-bond donors (Lipinski definition) is 1. The third-order valence-corrected chi connectivity index (χ3v) is 2.72. The van der Waals surface area contributed by atoms with E-state index in [-0.39, 0.29) is 17.7 Å². The number of carbonyl (C=O) groups excluding carboxylic acids is 1. The van der Waals surface area contributed by atoms with E-state index >= 15 is 0 Å². The van der Waals surface area contributed by atoms with Gasteiger partial charge in [0.1, 0.15) is 0 Å². The summed E-state index contributed by atoms with van der Waals surface area (Å²) >= 11 is 0. The van der Waals surface area contributed by atoms with E-state index in [0.29, 0.717) is 10.9 Å². The summed E-state index contributed by atoms with van der Waals surface area (Å²) in [5.41, 5.74) is -0.430. The molecule has 0 amide bonds. The average Bonchev–Trinajstić information content (AvgIpc) is 2.36. The maximum Gasteiger partial charge on any atom is 0.418 e. The van der Waals surface area contributed by atoms with Gasteiger partial charge in [-0.3, -0.25) is 9.78 Å². The quantitative estimate of drug-likeness (QED) is 0.870. The lowest BCUT2D eigenvalue weighted by Crippen LogP contribution is -2.18. The minimum Gasteiger partial charge on any atom is -0.313 e. The van der Waals surface area contributed by atoms with Gasteiger partial charge in [0.2, 0.25) is 0 Å². The fourth-order valence-corrected chi connectivity index (χ4v) is 1.84. The zero-order valence-corrected chi connectivity index (χ0v) is 10.1. The number of alkyl halides is 3. The van der Waals surface area contributed by atoms with Crippen molar-refractivity contribution >= 4 is 16.6 Å². The molecule has 0 atom stereocenters. The fraction of sp³-hybridized carbons (Fsp3) is 0.231. The summed E-state index contributed by atoms with van der Waals surface area (Å²) < 4.78 is 38.3. The van der Waals surface area contributed by atoms with Gasteiger partial charge in [-0.1, -0.05) is 12.1 Å². The van der Waals surface area contributed by atoms with Gasteiger partial charge in [-0.2, -0.15) is 13.2 Å². The molecule has 0 bridgehead atoms. The maximum atomic E-state index is 12.8. The third-order valence-electron chi connectivity index (χ3n) is 2.72. The Bertz CT molecular complexity index is 623. The Morgan fingerprint density at radius 1 is 1.32 bits per heavy atom. The second-order valence-corrected chi connectivity index (χ2v) is 4.07. The smallest absolute Gasteiger partial charge is 0.313 e. The number of nitrogens with one attached hydrogen (secondary N) is 1. The van der Waals surface area contributed by atoms with Crippen LogP contribution in [0.2, 0.25) is 0 Å². The van der Waals surface area contributed by atoms with Crippen molar-refractivity contribution in [3.05, 3.63) is 41.7 Å². The van der Waals surface area contributed by atoms with Crippen LogP contribution in [0.15, 0.2) is 30.6 Å². The predicted octanol–water partition coefficient (Wildman–Crippen LogP) is 2.66. The van der Waals surface area contributed by atoms with Gasteiger partial charge >= 0.3 is 6.18 Å². The maximum absolute atomic E-state index is 12.8. The van der Waals surface area contributed by atoms with Gasteiger partial charge in [0.05, 0.1) is 12.1 Å². The van der Waals surface area contributed by atoms with Crippen molar-refractivity contribution < 1.29 is 18.0 Å². The number of pyridine rings is 1. The molecule has 1 aromatic heterocycles. The summed E-state index contributed by atoms with van der Waals surface area (Å²) in [4.78, 5) is 15.2. The minimum atomic E-state index is -4.46. The Morgan fingerprint density at radius 2 is 2.05 bits per heavy atom. The van der Waals surface area contributed by atoms with Gasteiger partial charge in [0.25, 0.3) is 0 Å². The highest BCUT2D eigenvalue weighted by atomic mass is 19.4. The van der Waals surface area contributed by atoms with Gasteiger partial charge in [-0.05, 0) is 18.5 Å². The molecule has 0 spiro atoms. The highest BCUT2D eigenvalue weighted by molar-refractivity contribution is 6.01. The Hall–Kier alpha value is -1.95. The highest BCUT2D eigenvalue weighted by Crippen LogP contribution is 2.34. The zero-order valence-electron chi connectivity index (χ0n) is 10.1. The number of benzene rings is 1. The summed E-state index contributed by atoms with van der Waals surface area (Å²) in [6.45, 7) is 0.137. The van der Waals surface area contributed by atoms with Gasteiger partial charge in [-0.25, -0.2) is 0 Å². The molecule has 19 heavy (non-hydrogen) atoms. The lowest BCUT2D eigenvalue weighted by atomic mass is 10.0. The number of likely N-dealkylation sites (N-methyl/N-ethyl adjacent to an activating group) is 1. The summed E-state index contributed by atoms with van der Waals surface area (Å²) in [6.07, 6.45) is -2.35. The molecule has 0 saturated carbocycles. The van der Waals surface area contributed by atoms with Crippen LogP contribution in [0.3, 0.4) is 0 Å². The van der Waals surface area contributed by atoms with Crippen LogP contribution < -0.4 is 5.32 Å². The van der Waals surface area contributed by atoms with Crippen LogP contribution in [0.25, 0.3) is 10.8 Å². The van der Waals surface area contributed by atoms with Gasteiger partial charge in [0, 0.05) is 23.3 Å². The molecular weight excluding hydrogens is 257 g/mol. The molecule has 6 heteroatoms. The Morgan fingerprint density at radius 3 is 2.68 bits per heavy atom. The van der Waals surface area contributed by atoms with E-state index in [1.807, 2.05) is 0 Å². The SMILES string of the molecule is CNCC(=O)c1ccc2c(C(F)(F)F)cncc2c1. The Balaban J connectivity index is 2.54. The van der Waals surface area contributed by atoms with Crippen molar-refractivity contribution in [2.45, 2.75) is 6.18 Å². The van der Waals surface area contributed by atoms with Crippen molar-refractivity contribution in [1.82, 2.24) is 10.3 Å². The van der Waals surface area contributed by atoms with Crippen molar-refractivity contribution in [1.29, 1.82) is 0 Å². The van der Waals surface area contributed by atoms with E-state index in [1.165, 1.54) is 24.4 Å². The molecule has 0 aliphatic rings. The van der Waals surface area contributed by atoms with Gasteiger partial charge < -0.3 is 5.32 Å². The second kappa shape index (κ2) is 4.97. The lowest BCUT2D eigenvalue weighted by molar-refractivity contribution is -0.136. The number of nitrogens with zero attached hydrogens (tertiary/aromatic N) is 1. The molecule has 0 unspecified atom stereocenters. The molecule has 0 aliphatic carbocycles. The summed E-state index contributed by atoms with van der Waals surface area (Å²) in [5, 5.41) is 3.05. The highest BCUT2D eigenvalue weighted by Gasteiger charge is 2.32. The molecule has 1 aromatic carbocycles. The summed E-state index contributed by atoms with van der Waals surface area (Å²) in [7, 11) is 1.63. The van der Waals surface area contributed by atoms with Crippen molar-refractivity contribution in [3.63, 3.8) is 0 Å². The summed E-state index contributed by atoms with van der Waals surface area (Å²) in [6, 6.07) is 4.14. The van der Waals surface area contributed by atoms with E-state index in [1.54, 1.807) is 7.05 Å². The van der Waals surface area contributed by atoms with Crippen LogP contribution in [0.4, 0.5) is 13.2 Å². The first-order valence-corrected chi connectivity index (χ1v) is 5.56. The first-order valence-electron chi connectivity index (χ1n) is 5.56. The third kappa shape index (κ3) is 2.73. The number of Topliss-reactive ketones (excluding diaryl/α,β-unsaturated/α-hetero) is 1. The van der Waals surface area contributed by atoms with E-state index in [4.69, 9.17) is 0 Å². The van der Waals surface area contributed by atoms with E-state index in [9.17, 15) is 18.0 Å². The molecule has 1 N–H and O–H groups in total. The van der Waals surface area contributed by atoms with Crippen LogP contribution in [0.1, 0.15) is 15.9 Å². The number of fused-ring (bicyclic) bond motifs is 1. The zero-order chi connectivity index (χ0) is 14.0. The number of carbonyl (C=O) groups is 1. The van der Waals surface area contributed by atoms with Gasteiger partial charge in [0.15, 0.2) is 5.78 Å². The van der Waals surface area contributed by atoms with E-state index in [2.05, 4.69) is 10.3 Å². The number of aromatic nitrogens is 1. The number of hydrogen-bond acceptors (Lipinski definition) is 3. The molecule has 2 rings (SSSR count). The lowest BCUT2D eigenvalue weighted by Gasteiger charge is -2.10. The topological polar surface area (TPSA) is 42.0 Å². The molecule has 100 valence electrons. The number of halogens is 3. The monoisotopic (exact) mass is 268 g/mol. The largest absolute Gasteiger partial charge is 0.418 e. The predicted molar refractivity (Wildman–Crippen MR) is 65.0 cm³/mol. The molecule has 2 aromatic rings. The van der Waals surface area contributed by atoms with Crippen LogP contribution in [-0.4, -0.2) is 24.4 Å².